The fraction of sp³-hybridized carbons (Fsp3) is 0.250. The molecule has 0 spiro atoms. The Morgan fingerprint density at radius 3 is 2.28 bits per heavy atom. The number of anilines is 1. The summed E-state index contributed by atoms with van der Waals surface area (Å²) >= 11 is 0. The van der Waals surface area contributed by atoms with E-state index < -0.39 is 0 Å². The van der Waals surface area contributed by atoms with Crippen molar-refractivity contribution in [1.82, 2.24) is 15.0 Å². The first kappa shape index (κ1) is 16.9. The summed E-state index contributed by atoms with van der Waals surface area (Å²) in [4.78, 5) is 14.2. The first-order valence-electron chi connectivity index (χ1n) is 8.25. The minimum atomic E-state index is -0.248. The molecule has 0 unspecified atom stereocenters. The molecule has 25 heavy (non-hydrogen) atoms. The molecule has 0 atom stereocenters. The van der Waals surface area contributed by atoms with Crippen molar-refractivity contribution in [1.29, 1.82) is 0 Å². The number of nitrogens with one attached hydrogen (secondary N) is 1. The molecule has 0 aliphatic rings. The fourth-order valence-electron chi connectivity index (χ4n) is 2.78. The molecule has 5 heteroatoms. The van der Waals surface area contributed by atoms with E-state index in [1.165, 1.54) is 10.4 Å². The Labute approximate surface area is 147 Å². The third-order valence-corrected chi connectivity index (χ3v) is 4.21. The minimum absolute atomic E-state index is 0.248. The van der Waals surface area contributed by atoms with Gasteiger partial charge in [-0.05, 0) is 63.4 Å². The van der Waals surface area contributed by atoms with Gasteiger partial charge in [0.15, 0.2) is 5.69 Å². The Hall–Kier alpha value is -2.95. The van der Waals surface area contributed by atoms with Crippen molar-refractivity contribution in [3.8, 4) is 5.69 Å². The van der Waals surface area contributed by atoms with Crippen molar-refractivity contribution in [2.24, 2.45) is 0 Å². The van der Waals surface area contributed by atoms with E-state index in [1.54, 1.807) is 6.92 Å². The molecule has 3 rings (SSSR count). The Kier molecular flexibility index (Phi) is 4.40. The van der Waals surface area contributed by atoms with E-state index in [1.807, 2.05) is 58.0 Å². The summed E-state index contributed by atoms with van der Waals surface area (Å²) in [5.41, 5.74) is 6.96. The van der Waals surface area contributed by atoms with Crippen LogP contribution in [0.1, 0.15) is 38.4 Å². The van der Waals surface area contributed by atoms with Gasteiger partial charge in [0.1, 0.15) is 0 Å². The smallest absolute Gasteiger partial charge is 0.278 e. The van der Waals surface area contributed by atoms with Crippen LogP contribution in [0, 0.1) is 34.6 Å². The number of benzene rings is 2. The van der Waals surface area contributed by atoms with Crippen LogP contribution in [0.25, 0.3) is 5.69 Å². The number of carbonyl (C=O) groups is 1. The lowest BCUT2D eigenvalue weighted by molar-refractivity contribution is 0.102. The largest absolute Gasteiger partial charge is 0.320 e. The lowest BCUT2D eigenvalue weighted by Gasteiger charge is -2.08. The molecule has 1 amide bonds. The highest BCUT2D eigenvalue weighted by atomic mass is 16.2. The Bertz CT molecular complexity index is 956. The van der Waals surface area contributed by atoms with E-state index >= 15 is 0 Å². The van der Waals surface area contributed by atoms with Crippen molar-refractivity contribution in [3.63, 3.8) is 0 Å². The first-order valence-corrected chi connectivity index (χ1v) is 8.25. The lowest BCUT2D eigenvalue weighted by Crippen LogP contribution is -2.15. The number of aryl methyl sites for hydroxylation is 5. The number of amides is 1. The van der Waals surface area contributed by atoms with Crippen LogP contribution >= 0.6 is 0 Å². The quantitative estimate of drug-likeness (QED) is 0.786. The highest BCUT2D eigenvalue weighted by molar-refractivity contribution is 6.04. The van der Waals surface area contributed by atoms with Crippen LogP contribution in [0.3, 0.4) is 0 Å². The second kappa shape index (κ2) is 6.51. The Morgan fingerprint density at radius 2 is 1.56 bits per heavy atom. The summed E-state index contributed by atoms with van der Waals surface area (Å²) in [5, 5.41) is 11.8. The number of hydrogen-bond donors (Lipinski definition) is 1. The first-order chi connectivity index (χ1) is 11.8. The molecular formula is C20H22N4O. The molecule has 3 aromatic rings. The average Bonchev–Trinajstić information content (AvgIpc) is 2.92. The normalized spacial score (nSPS) is 10.8. The lowest BCUT2D eigenvalue weighted by atomic mass is 10.1. The zero-order valence-electron chi connectivity index (χ0n) is 15.2. The fourth-order valence-corrected chi connectivity index (χ4v) is 2.78. The molecule has 0 saturated carbocycles. The summed E-state index contributed by atoms with van der Waals surface area (Å²) in [6.45, 7) is 9.81. The maximum absolute atomic E-state index is 12.7. The number of aromatic nitrogens is 3. The molecule has 0 aliphatic carbocycles. The molecular weight excluding hydrogens is 312 g/mol. The summed E-state index contributed by atoms with van der Waals surface area (Å²) < 4.78 is 0. The molecule has 1 N–H and O–H groups in total. The molecule has 5 nitrogen and oxygen atoms in total. The van der Waals surface area contributed by atoms with Crippen LogP contribution in [-0.2, 0) is 0 Å². The number of hydrogen-bond acceptors (Lipinski definition) is 3. The summed E-state index contributed by atoms with van der Waals surface area (Å²) in [6.07, 6.45) is 0. The molecule has 0 fully saturated rings. The second-order valence-corrected chi connectivity index (χ2v) is 6.49. The number of nitrogens with zero attached hydrogens (tertiary/aromatic N) is 3. The number of rotatable bonds is 3. The predicted molar refractivity (Wildman–Crippen MR) is 99.4 cm³/mol. The topological polar surface area (TPSA) is 59.8 Å². The van der Waals surface area contributed by atoms with E-state index in [2.05, 4.69) is 21.6 Å². The van der Waals surface area contributed by atoms with E-state index in [4.69, 9.17) is 0 Å². The molecule has 1 heterocycles. The minimum Gasteiger partial charge on any atom is -0.320 e. The number of carbonyl (C=O) groups excluding carboxylic acids is 1. The van der Waals surface area contributed by atoms with Gasteiger partial charge >= 0.3 is 0 Å². The van der Waals surface area contributed by atoms with Gasteiger partial charge in [-0.15, -0.1) is 5.10 Å². The van der Waals surface area contributed by atoms with Gasteiger partial charge in [-0.2, -0.15) is 9.90 Å². The summed E-state index contributed by atoms with van der Waals surface area (Å²) in [5.74, 6) is -0.248. The van der Waals surface area contributed by atoms with Crippen LogP contribution < -0.4 is 5.32 Å². The molecule has 0 aliphatic heterocycles. The van der Waals surface area contributed by atoms with Crippen LogP contribution in [0.5, 0.6) is 0 Å². The van der Waals surface area contributed by atoms with Crippen LogP contribution in [0.15, 0.2) is 36.4 Å². The predicted octanol–water partition coefficient (Wildman–Crippen LogP) is 4.06. The van der Waals surface area contributed by atoms with Crippen LogP contribution in [0.4, 0.5) is 5.69 Å². The van der Waals surface area contributed by atoms with Gasteiger partial charge in [-0.25, -0.2) is 0 Å². The molecule has 0 saturated heterocycles. The van der Waals surface area contributed by atoms with Gasteiger partial charge in [0.2, 0.25) is 0 Å². The van der Waals surface area contributed by atoms with E-state index in [0.717, 1.165) is 28.1 Å². The molecule has 2 aromatic carbocycles. The van der Waals surface area contributed by atoms with Gasteiger partial charge in [0, 0.05) is 5.69 Å². The van der Waals surface area contributed by atoms with Gasteiger partial charge in [0.25, 0.3) is 5.91 Å². The Balaban J connectivity index is 1.92. The van der Waals surface area contributed by atoms with E-state index in [-0.39, 0.29) is 5.91 Å². The highest BCUT2D eigenvalue weighted by Crippen LogP contribution is 2.19. The second-order valence-electron chi connectivity index (χ2n) is 6.49. The van der Waals surface area contributed by atoms with Crippen LogP contribution in [-0.4, -0.2) is 20.9 Å². The zero-order chi connectivity index (χ0) is 18.1. The third-order valence-electron chi connectivity index (χ3n) is 4.21. The highest BCUT2D eigenvalue weighted by Gasteiger charge is 2.18. The summed E-state index contributed by atoms with van der Waals surface area (Å²) in [7, 11) is 0. The molecule has 0 bridgehead atoms. The van der Waals surface area contributed by atoms with E-state index in [9.17, 15) is 4.79 Å². The summed E-state index contributed by atoms with van der Waals surface area (Å²) in [6, 6.07) is 12.0. The Morgan fingerprint density at radius 1 is 0.880 bits per heavy atom. The van der Waals surface area contributed by atoms with Crippen molar-refractivity contribution >= 4 is 11.6 Å². The van der Waals surface area contributed by atoms with Gasteiger partial charge in [-0.3, -0.25) is 4.79 Å². The van der Waals surface area contributed by atoms with Crippen molar-refractivity contribution in [2.75, 3.05) is 5.32 Å². The SMILES string of the molecule is Cc1ccc(-n2nc(C)c(C(=O)Nc3cc(C)ccc3C)n2)c(C)c1. The van der Waals surface area contributed by atoms with Gasteiger partial charge < -0.3 is 5.32 Å². The molecule has 128 valence electrons. The van der Waals surface area contributed by atoms with Crippen molar-refractivity contribution in [2.45, 2.75) is 34.6 Å². The third kappa shape index (κ3) is 3.45. The van der Waals surface area contributed by atoms with Gasteiger partial charge in [0.05, 0.1) is 11.4 Å². The standard InChI is InChI=1S/C20H22N4O/c1-12-7-9-18(15(4)10-12)24-22-16(5)19(23-24)20(25)21-17-11-13(2)6-8-14(17)3/h6-11H,1-5H3,(H,21,25). The maximum Gasteiger partial charge on any atom is 0.278 e. The van der Waals surface area contributed by atoms with Crippen molar-refractivity contribution in [3.05, 3.63) is 70.0 Å². The average molecular weight is 334 g/mol. The van der Waals surface area contributed by atoms with Crippen LogP contribution in [0.2, 0.25) is 0 Å². The maximum atomic E-state index is 12.7. The monoisotopic (exact) mass is 334 g/mol. The van der Waals surface area contributed by atoms with Crippen molar-refractivity contribution < 1.29 is 4.79 Å². The molecule has 0 radical (unpaired) electrons. The van der Waals surface area contributed by atoms with Gasteiger partial charge in [-0.1, -0.05) is 29.8 Å². The van der Waals surface area contributed by atoms with E-state index in [0.29, 0.717) is 11.4 Å². The molecule has 1 aromatic heterocycles. The zero-order valence-corrected chi connectivity index (χ0v) is 15.2.